The molecule has 2 heterocycles. The predicted molar refractivity (Wildman–Crippen MR) is 59.0 cm³/mol. The topological polar surface area (TPSA) is 35.8 Å². The maximum absolute atomic E-state index is 10.1. The molecule has 1 aromatic carbocycles. The molecule has 3 rings (SSSR count). The molecule has 0 fully saturated rings. The Hall–Kier alpha value is -1.35. The van der Waals surface area contributed by atoms with Crippen LogP contribution >= 0.6 is 0 Å². The van der Waals surface area contributed by atoms with Crippen molar-refractivity contribution in [2.75, 3.05) is 13.1 Å². The van der Waals surface area contributed by atoms with Crippen LogP contribution in [0.25, 0.3) is 0 Å². The number of hydrogen-bond donors (Lipinski definition) is 1. The number of benzene rings is 1. The van der Waals surface area contributed by atoms with Crippen molar-refractivity contribution in [1.29, 1.82) is 0 Å². The van der Waals surface area contributed by atoms with Gasteiger partial charge in [0.2, 0.25) is 0 Å². The van der Waals surface area contributed by atoms with E-state index in [0.29, 0.717) is 0 Å². The van der Waals surface area contributed by atoms with Gasteiger partial charge in [-0.15, -0.1) is 0 Å². The van der Waals surface area contributed by atoms with E-state index in [0.717, 1.165) is 30.1 Å². The second-order valence-electron chi connectivity index (χ2n) is 4.30. The van der Waals surface area contributed by atoms with Crippen LogP contribution in [-0.4, -0.2) is 28.9 Å². The van der Waals surface area contributed by atoms with E-state index >= 15 is 0 Å². The highest BCUT2D eigenvalue weighted by molar-refractivity contribution is 6.04. The molecule has 1 unspecified atom stereocenters. The van der Waals surface area contributed by atoms with Gasteiger partial charge < -0.3 is 10.0 Å². The van der Waals surface area contributed by atoms with Crippen LogP contribution in [0.5, 0.6) is 0 Å². The summed E-state index contributed by atoms with van der Waals surface area (Å²) in [4.78, 5) is 6.42. The number of amidine groups is 1. The minimum Gasteiger partial charge on any atom is -0.369 e. The van der Waals surface area contributed by atoms with Crippen LogP contribution in [0.4, 0.5) is 0 Å². The number of aryl methyl sites for hydroxylation is 2. The Kier molecular flexibility index (Phi) is 1.68. The zero-order valence-electron chi connectivity index (χ0n) is 8.99. The van der Waals surface area contributed by atoms with Crippen molar-refractivity contribution in [2.24, 2.45) is 4.99 Å². The molecular weight excluding hydrogens is 188 g/mol. The highest BCUT2D eigenvalue weighted by Gasteiger charge is 2.35. The van der Waals surface area contributed by atoms with Crippen molar-refractivity contribution in [1.82, 2.24) is 4.90 Å². The van der Waals surface area contributed by atoms with Gasteiger partial charge in [-0.25, -0.2) is 0 Å². The van der Waals surface area contributed by atoms with E-state index in [1.807, 2.05) is 4.90 Å². The molecular formula is C12H14N2O. The molecule has 78 valence electrons. The van der Waals surface area contributed by atoms with E-state index in [1.165, 1.54) is 11.1 Å². The van der Waals surface area contributed by atoms with Crippen LogP contribution in [0.15, 0.2) is 17.1 Å². The summed E-state index contributed by atoms with van der Waals surface area (Å²) in [5, 5.41) is 10.1. The lowest BCUT2D eigenvalue weighted by atomic mass is 10.0. The molecule has 0 aliphatic carbocycles. The maximum atomic E-state index is 10.1. The molecule has 3 nitrogen and oxygen atoms in total. The van der Waals surface area contributed by atoms with Crippen molar-refractivity contribution in [3.8, 4) is 0 Å². The van der Waals surface area contributed by atoms with Crippen LogP contribution in [0.2, 0.25) is 0 Å². The Morgan fingerprint density at radius 3 is 2.87 bits per heavy atom. The number of rotatable bonds is 0. The summed E-state index contributed by atoms with van der Waals surface area (Å²) in [5.74, 6) is 0.973. The molecule has 0 bridgehead atoms. The van der Waals surface area contributed by atoms with Gasteiger partial charge in [-0.2, -0.15) is 0 Å². The second-order valence-corrected chi connectivity index (χ2v) is 4.30. The normalized spacial score (nSPS) is 22.7. The smallest absolute Gasteiger partial charge is 0.155 e. The minimum absolute atomic E-state index is 0.486. The summed E-state index contributed by atoms with van der Waals surface area (Å²) in [6.45, 7) is 5.82. The lowest BCUT2D eigenvalue weighted by molar-refractivity contribution is 0.0684. The van der Waals surface area contributed by atoms with Crippen LogP contribution in [0.1, 0.15) is 28.5 Å². The van der Waals surface area contributed by atoms with Crippen molar-refractivity contribution in [3.05, 3.63) is 34.4 Å². The monoisotopic (exact) mass is 202 g/mol. The molecule has 2 aliphatic heterocycles. The third-order valence-corrected chi connectivity index (χ3v) is 3.35. The SMILES string of the molecule is Cc1cc2c(cc1C)C(O)N1CCN=C21. The van der Waals surface area contributed by atoms with Crippen molar-refractivity contribution in [2.45, 2.75) is 20.1 Å². The summed E-state index contributed by atoms with van der Waals surface area (Å²) in [7, 11) is 0. The highest BCUT2D eigenvalue weighted by Crippen LogP contribution is 2.35. The van der Waals surface area contributed by atoms with Crippen molar-refractivity contribution >= 4 is 5.84 Å². The second kappa shape index (κ2) is 2.83. The van der Waals surface area contributed by atoms with Gasteiger partial charge in [-0.3, -0.25) is 4.99 Å². The fourth-order valence-corrected chi connectivity index (χ4v) is 2.35. The number of aliphatic hydroxyl groups is 1. The van der Waals surface area contributed by atoms with E-state index in [-0.39, 0.29) is 0 Å². The van der Waals surface area contributed by atoms with Gasteiger partial charge in [-0.1, -0.05) is 6.07 Å². The number of hydrogen-bond acceptors (Lipinski definition) is 3. The minimum atomic E-state index is -0.486. The molecule has 2 aliphatic rings. The Bertz CT molecular complexity index is 465. The van der Waals surface area contributed by atoms with Gasteiger partial charge in [0.1, 0.15) is 5.84 Å². The van der Waals surface area contributed by atoms with Crippen molar-refractivity contribution < 1.29 is 5.11 Å². The molecule has 15 heavy (non-hydrogen) atoms. The van der Waals surface area contributed by atoms with Gasteiger partial charge in [0.25, 0.3) is 0 Å². The average Bonchev–Trinajstić information content (AvgIpc) is 2.75. The first kappa shape index (κ1) is 8.92. The molecule has 1 atom stereocenters. The average molecular weight is 202 g/mol. The summed E-state index contributed by atoms with van der Waals surface area (Å²) in [6, 6.07) is 4.22. The summed E-state index contributed by atoms with van der Waals surface area (Å²) >= 11 is 0. The van der Waals surface area contributed by atoms with Gasteiger partial charge in [-0.05, 0) is 31.0 Å². The largest absolute Gasteiger partial charge is 0.369 e. The first-order valence-electron chi connectivity index (χ1n) is 5.29. The Morgan fingerprint density at radius 1 is 1.33 bits per heavy atom. The molecule has 0 saturated carbocycles. The third-order valence-electron chi connectivity index (χ3n) is 3.35. The Morgan fingerprint density at radius 2 is 2.07 bits per heavy atom. The number of aliphatic imine (C=N–C) groups is 1. The van der Waals surface area contributed by atoms with Crippen LogP contribution in [0, 0.1) is 13.8 Å². The number of fused-ring (bicyclic) bond motifs is 3. The molecule has 0 amide bonds. The van der Waals surface area contributed by atoms with Crippen molar-refractivity contribution in [3.63, 3.8) is 0 Å². The van der Waals surface area contributed by atoms with Crippen LogP contribution in [0.3, 0.4) is 0 Å². The first-order valence-corrected chi connectivity index (χ1v) is 5.29. The lowest BCUT2D eigenvalue weighted by Crippen LogP contribution is -2.25. The van der Waals surface area contributed by atoms with E-state index in [2.05, 4.69) is 31.0 Å². The van der Waals surface area contributed by atoms with Gasteiger partial charge in [0, 0.05) is 17.7 Å². The molecule has 0 spiro atoms. The number of aliphatic hydroxyl groups excluding tert-OH is 1. The first-order chi connectivity index (χ1) is 7.18. The molecule has 0 saturated heterocycles. The zero-order valence-corrected chi connectivity index (χ0v) is 8.99. The quantitative estimate of drug-likeness (QED) is 0.689. The predicted octanol–water partition coefficient (Wildman–Crippen LogP) is 1.37. The number of nitrogens with zero attached hydrogens (tertiary/aromatic N) is 2. The summed E-state index contributed by atoms with van der Waals surface area (Å²) in [6.07, 6.45) is -0.486. The van der Waals surface area contributed by atoms with Crippen LogP contribution in [-0.2, 0) is 0 Å². The molecule has 0 aromatic heterocycles. The van der Waals surface area contributed by atoms with E-state index in [9.17, 15) is 5.11 Å². The summed E-state index contributed by atoms with van der Waals surface area (Å²) in [5.41, 5.74) is 4.62. The fraction of sp³-hybridized carbons (Fsp3) is 0.417. The van der Waals surface area contributed by atoms with Gasteiger partial charge >= 0.3 is 0 Å². The van der Waals surface area contributed by atoms with E-state index in [1.54, 1.807) is 0 Å². The Balaban J connectivity index is 2.24. The molecule has 1 aromatic rings. The third kappa shape index (κ3) is 1.07. The lowest BCUT2D eigenvalue weighted by Gasteiger charge is -2.17. The fourth-order valence-electron chi connectivity index (χ4n) is 2.35. The van der Waals surface area contributed by atoms with Gasteiger partial charge in [0.05, 0.1) is 6.54 Å². The summed E-state index contributed by atoms with van der Waals surface area (Å²) < 4.78 is 0. The van der Waals surface area contributed by atoms with Gasteiger partial charge in [0.15, 0.2) is 6.23 Å². The molecule has 0 radical (unpaired) electrons. The molecule has 1 N–H and O–H groups in total. The van der Waals surface area contributed by atoms with E-state index in [4.69, 9.17) is 0 Å². The van der Waals surface area contributed by atoms with Crippen LogP contribution < -0.4 is 0 Å². The Labute approximate surface area is 89.1 Å². The highest BCUT2D eigenvalue weighted by atomic mass is 16.3. The zero-order chi connectivity index (χ0) is 10.6. The standard InChI is InChI=1S/C12H14N2O/c1-7-5-9-10(6-8(7)2)12(15)14-4-3-13-11(9)14/h5-6,12,15H,3-4H2,1-2H3. The van der Waals surface area contributed by atoms with E-state index < -0.39 is 6.23 Å². The molecule has 3 heteroatoms. The maximum Gasteiger partial charge on any atom is 0.155 e.